The lowest BCUT2D eigenvalue weighted by Gasteiger charge is -1.99. The number of cyclic esters (lactones) is 1. The third kappa shape index (κ3) is 2.94. The Kier molecular flexibility index (Phi) is 4.06. The Morgan fingerprint density at radius 2 is 1.86 bits per heavy atom. The highest BCUT2D eigenvalue weighted by Crippen LogP contribution is 2.22. The van der Waals surface area contributed by atoms with Crippen molar-refractivity contribution in [2.75, 3.05) is 6.26 Å². The molecule has 0 atom stereocenters. The van der Waals surface area contributed by atoms with Crippen LogP contribution < -0.4 is 0 Å². The summed E-state index contributed by atoms with van der Waals surface area (Å²) in [4.78, 5) is 17.1. The van der Waals surface area contributed by atoms with Crippen LogP contribution >= 0.6 is 11.8 Å². The Labute approximate surface area is 131 Å². The van der Waals surface area contributed by atoms with E-state index in [2.05, 4.69) is 4.99 Å². The van der Waals surface area contributed by atoms with Gasteiger partial charge in [-0.05, 0) is 42.2 Å². The number of ether oxygens (including phenoxy) is 1. The predicted molar refractivity (Wildman–Crippen MR) is 85.2 cm³/mol. The van der Waals surface area contributed by atoms with Crippen LogP contribution in [0.2, 0.25) is 0 Å². The average molecular weight is 313 g/mol. The minimum absolute atomic E-state index is 0.00455. The van der Waals surface area contributed by atoms with Gasteiger partial charge in [-0.1, -0.05) is 24.3 Å². The number of rotatable bonds is 3. The molecule has 0 fully saturated rings. The first kappa shape index (κ1) is 14.5. The minimum Gasteiger partial charge on any atom is -0.402 e. The summed E-state index contributed by atoms with van der Waals surface area (Å²) in [5.74, 6) is -1.05. The average Bonchev–Trinajstić information content (AvgIpc) is 2.89. The number of aliphatic imine (C=N–C) groups is 1. The molecule has 2 aromatic rings. The Morgan fingerprint density at radius 3 is 2.55 bits per heavy atom. The molecule has 0 radical (unpaired) electrons. The third-order valence-electron chi connectivity index (χ3n) is 3.14. The molecule has 0 amide bonds. The van der Waals surface area contributed by atoms with Crippen LogP contribution in [-0.4, -0.2) is 18.1 Å². The fourth-order valence-corrected chi connectivity index (χ4v) is 2.43. The second-order valence-corrected chi connectivity index (χ2v) is 5.47. The number of benzene rings is 2. The summed E-state index contributed by atoms with van der Waals surface area (Å²) in [6.07, 6.45) is 3.62. The maximum absolute atomic E-state index is 13.7. The van der Waals surface area contributed by atoms with Crippen LogP contribution in [0.25, 0.3) is 6.08 Å². The van der Waals surface area contributed by atoms with E-state index >= 15 is 0 Å². The maximum atomic E-state index is 13.7. The summed E-state index contributed by atoms with van der Waals surface area (Å²) >= 11 is 1.64. The van der Waals surface area contributed by atoms with Crippen molar-refractivity contribution in [2.24, 2.45) is 4.99 Å². The van der Waals surface area contributed by atoms with Gasteiger partial charge < -0.3 is 4.74 Å². The smallest absolute Gasteiger partial charge is 0.363 e. The van der Waals surface area contributed by atoms with E-state index in [9.17, 15) is 9.18 Å². The van der Waals surface area contributed by atoms with Crippen molar-refractivity contribution in [2.45, 2.75) is 4.90 Å². The van der Waals surface area contributed by atoms with E-state index in [1.807, 2.05) is 30.5 Å². The van der Waals surface area contributed by atoms with Gasteiger partial charge in [0.05, 0.1) is 5.56 Å². The van der Waals surface area contributed by atoms with E-state index < -0.39 is 11.8 Å². The Morgan fingerprint density at radius 1 is 1.14 bits per heavy atom. The molecule has 0 saturated heterocycles. The molecule has 3 nitrogen and oxygen atoms in total. The molecule has 1 heterocycles. The summed E-state index contributed by atoms with van der Waals surface area (Å²) in [6.45, 7) is 0. The van der Waals surface area contributed by atoms with Gasteiger partial charge in [-0.25, -0.2) is 14.2 Å². The van der Waals surface area contributed by atoms with Gasteiger partial charge >= 0.3 is 5.97 Å². The largest absolute Gasteiger partial charge is 0.402 e. The molecule has 110 valence electrons. The van der Waals surface area contributed by atoms with E-state index in [1.165, 1.54) is 12.1 Å². The van der Waals surface area contributed by atoms with Gasteiger partial charge in [0.15, 0.2) is 5.70 Å². The predicted octanol–water partition coefficient (Wildman–Crippen LogP) is 3.89. The molecule has 0 saturated carbocycles. The summed E-state index contributed by atoms with van der Waals surface area (Å²) in [5.41, 5.74) is 1.18. The quantitative estimate of drug-likeness (QED) is 0.490. The van der Waals surface area contributed by atoms with E-state index in [1.54, 1.807) is 30.0 Å². The fraction of sp³-hybridized carbons (Fsp3) is 0.0588. The van der Waals surface area contributed by atoms with Gasteiger partial charge in [-0.15, -0.1) is 11.8 Å². The number of nitrogens with zero attached hydrogens (tertiary/aromatic N) is 1. The number of carbonyl (C=O) groups is 1. The van der Waals surface area contributed by atoms with Crippen molar-refractivity contribution in [1.82, 2.24) is 0 Å². The molecular weight excluding hydrogens is 301 g/mol. The van der Waals surface area contributed by atoms with Crippen molar-refractivity contribution >= 4 is 29.7 Å². The topological polar surface area (TPSA) is 38.7 Å². The normalized spacial score (nSPS) is 15.8. The zero-order valence-corrected chi connectivity index (χ0v) is 12.6. The van der Waals surface area contributed by atoms with Crippen LogP contribution in [0.1, 0.15) is 11.1 Å². The van der Waals surface area contributed by atoms with Crippen molar-refractivity contribution in [3.8, 4) is 0 Å². The van der Waals surface area contributed by atoms with Crippen LogP contribution in [0.3, 0.4) is 0 Å². The second-order valence-electron chi connectivity index (χ2n) is 4.59. The van der Waals surface area contributed by atoms with E-state index in [0.717, 1.165) is 10.5 Å². The lowest BCUT2D eigenvalue weighted by atomic mass is 10.2. The zero-order valence-electron chi connectivity index (χ0n) is 11.7. The van der Waals surface area contributed by atoms with Crippen molar-refractivity contribution in [1.29, 1.82) is 0 Å². The first-order chi connectivity index (χ1) is 10.7. The van der Waals surface area contributed by atoms with Crippen LogP contribution in [0.5, 0.6) is 0 Å². The molecule has 1 aliphatic rings. The lowest BCUT2D eigenvalue weighted by molar-refractivity contribution is -0.129. The zero-order chi connectivity index (χ0) is 15.5. The number of esters is 1. The number of hydrogen-bond acceptors (Lipinski definition) is 4. The van der Waals surface area contributed by atoms with Crippen molar-refractivity contribution in [3.63, 3.8) is 0 Å². The standard InChI is InChI=1S/C17H12FNO2S/c1-22-12-8-6-11(7-9-12)10-15-17(20)21-16(19-15)13-4-2-3-5-14(13)18/h2-10H,1H3. The monoisotopic (exact) mass is 313 g/mol. The number of thioether (sulfide) groups is 1. The van der Waals surface area contributed by atoms with Gasteiger partial charge in [0.1, 0.15) is 5.82 Å². The minimum atomic E-state index is -0.577. The summed E-state index contributed by atoms with van der Waals surface area (Å²) in [7, 11) is 0. The number of halogens is 1. The molecule has 0 bridgehead atoms. The highest BCUT2D eigenvalue weighted by Gasteiger charge is 2.25. The SMILES string of the molecule is CSc1ccc(C=C2N=C(c3ccccc3F)OC2=O)cc1. The molecule has 0 aliphatic carbocycles. The summed E-state index contributed by atoms with van der Waals surface area (Å²) < 4.78 is 18.8. The van der Waals surface area contributed by atoms with Crippen LogP contribution in [-0.2, 0) is 9.53 Å². The molecule has 3 rings (SSSR count). The lowest BCUT2D eigenvalue weighted by Crippen LogP contribution is -2.07. The Balaban J connectivity index is 1.92. The molecule has 22 heavy (non-hydrogen) atoms. The Bertz CT molecular complexity index is 782. The second kappa shape index (κ2) is 6.15. The highest BCUT2D eigenvalue weighted by molar-refractivity contribution is 7.98. The molecule has 5 heteroatoms. The molecular formula is C17H12FNO2S. The van der Waals surface area contributed by atoms with Gasteiger partial charge in [0.2, 0.25) is 5.90 Å². The molecule has 1 aliphatic heterocycles. The third-order valence-corrected chi connectivity index (χ3v) is 3.89. The molecule has 0 N–H and O–H groups in total. The van der Waals surface area contributed by atoms with Gasteiger partial charge in [-0.3, -0.25) is 0 Å². The summed E-state index contributed by atoms with van der Waals surface area (Å²) in [6, 6.07) is 13.8. The van der Waals surface area contributed by atoms with E-state index in [4.69, 9.17) is 4.74 Å². The van der Waals surface area contributed by atoms with Crippen LogP contribution in [0, 0.1) is 5.82 Å². The first-order valence-electron chi connectivity index (χ1n) is 6.59. The number of hydrogen-bond donors (Lipinski definition) is 0. The highest BCUT2D eigenvalue weighted by atomic mass is 32.2. The van der Waals surface area contributed by atoms with Gasteiger partial charge in [-0.2, -0.15) is 0 Å². The van der Waals surface area contributed by atoms with Crippen molar-refractivity contribution < 1.29 is 13.9 Å². The van der Waals surface area contributed by atoms with E-state index in [0.29, 0.717) is 0 Å². The van der Waals surface area contributed by atoms with Crippen LogP contribution in [0.15, 0.2) is 64.1 Å². The van der Waals surface area contributed by atoms with Gasteiger partial charge in [0, 0.05) is 4.90 Å². The number of carbonyl (C=O) groups excluding carboxylic acids is 1. The molecule has 0 unspecified atom stereocenters. The van der Waals surface area contributed by atoms with Crippen LogP contribution in [0.4, 0.5) is 4.39 Å². The molecule has 0 spiro atoms. The first-order valence-corrected chi connectivity index (χ1v) is 7.81. The maximum Gasteiger partial charge on any atom is 0.363 e. The van der Waals surface area contributed by atoms with E-state index in [-0.39, 0.29) is 17.2 Å². The summed E-state index contributed by atoms with van der Waals surface area (Å²) in [5, 5.41) is 0. The molecule has 0 aromatic heterocycles. The van der Waals surface area contributed by atoms with Crippen molar-refractivity contribution in [3.05, 3.63) is 71.2 Å². The molecule has 2 aromatic carbocycles. The van der Waals surface area contributed by atoms with Gasteiger partial charge in [0.25, 0.3) is 0 Å². The Hall–Kier alpha value is -2.40. The fourth-order valence-electron chi connectivity index (χ4n) is 2.02.